The van der Waals surface area contributed by atoms with Crippen LogP contribution in [0.1, 0.15) is 32.3 Å². The first-order valence-corrected chi connectivity index (χ1v) is 8.42. The van der Waals surface area contributed by atoms with Crippen molar-refractivity contribution in [3.8, 4) is 0 Å². The fourth-order valence-corrected chi connectivity index (χ4v) is 2.93. The molecule has 128 valence electrons. The number of carbonyl (C=O) groups is 1. The van der Waals surface area contributed by atoms with Gasteiger partial charge in [-0.1, -0.05) is 13.8 Å². The molecule has 0 saturated carbocycles. The van der Waals surface area contributed by atoms with Crippen LogP contribution in [0.15, 0.2) is 6.20 Å². The number of aromatic nitrogens is 2. The lowest BCUT2D eigenvalue weighted by Crippen LogP contribution is -2.41. The van der Waals surface area contributed by atoms with Crippen LogP contribution >= 0.6 is 0 Å². The molecule has 1 aromatic heterocycles. The van der Waals surface area contributed by atoms with Crippen LogP contribution in [0, 0.1) is 18.8 Å². The number of amides is 1. The summed E-state index contributed by atoms with van der Waals surface area (Å²) in [7, 11) is 3.97. The average molecular weight is 319 g/mol. The highest BCUT2D eigenvalue weighted by Crippen LogP contribution is 2.20. The van der Waals surface area contributed by atoms with Gasteiger partial charge in [-0.05, 0) is 25.7 Å². The third kappa shape index (κ3) is 4.56. The molecule has 2 rings (SSSR count). The minimum atomic E-state index is 0.0927. The standard InChI is InChI=1S/C17H29N5O/c1-12(2)16(23)22-8-6-14(7-9-22)11-19-17-18-10-13(3)15(20-17)21(4)5/h10,12,14H,6-9,11H2,1-5H3,(H,18,19,20). The molecule has 1 aromatic rings. The molecule has 0 spiro atoms. The molecule has 0 radical (unpaired) electrons. The van der Waals surface area contributed by atoms with Crippen molar-refractivity contribution in [1.29, 1.82) is 0 Å². The summed E-state index contributed by atoms with van der Waals surface area (Å²) in [6, 6.07) is 0. The highest BCUT2D eigenvalue weighted by molar-refractivity contribution is 5.78. The third-order valence-corrected chi connectivity index (χ3v) is 4.34. The number of hydrogen-bond acceptors (Lipinski definition) is 5. The molecule has 0 aromatic carbocycles. The van der Waals surface area contributed by atoms with Crippen LogP contribution in [0.4, 0.5) is 11.8 Å². The number of likely N-dealkylation sites (tertiary alicyclic amines) is 1. The van der Waals surface area contributed by atoms with E-state index in [1.807, 2.05) is 50.9 Å². The van der Waals surface area contributed by atoms with Gasteiger partial charge in [0, 0.05) is 51.4 Å². The largest absolute Gasteiger partial charge is 0.362 e. The quantitative estimate of drug-likeness (QED) is 0.901. The van der Waals surface area contributed by atoms with Gasteiger partial charge < -0.3 is 15.1 Å². The van der Waals surface area contributed by atoms with Crippen LogP contribution < -0.4 is 10.2 Å². The highest BCUT2D eigenvalue weighted by atomic mass is 16.2. The first-order valence-electron chi connectivity index (χ1n) is 8.42. The Morgan fingerprint density at radius 1 is 1.39 bits per heavy atom. The van der Waals surface area contributed by atoms with Gasteiger partial charge in [-0.3, -0.25) is 4.79 Å². The number of aryl methyl sites for hydroxylation is 1. The van der Waals surface area contributed by atoms with Crippen LogP contribution in [-0.2, 0) is 4.79 Å². The van der Waals surface area contributed by atoms with E-state index in [9.17, 15) is 4.79 Å². The number of hydrogen-bond donors (Lipinski definition) is 1. The van der Waals surface area contributed by atoms with Gasteiger partial charge in [-0.25, -0.2) is 4.98 Å². The first-order chi connectivity index (χ1) is 10.9. The smallest absolute Gasteiger partial charge is 0.225 e. The summed E-state index contributed by atoms with van der Waals surface area (Å²) >= 11 is 0. The predicted octanol–water partition coefficient (Wildman–Crippen LogP) is 2.16. The van der Waals surface area contributed by atoms with Gasteiger partial charge in [0.2, 0.25) is 11.9 Å². The molecule has 1 aliphatic heterocycles. The van der Waals surface area contributed by atoms with Crippen LogP contribution in [0.5, 0.6) is 0 Å². The Morgan fingerprint density at radius 2 is 2.04 bits per heavy atom. The van der Waals surface area contributed by atoms with E-state index in [0.717, 1.165) is 43.9 Å². The Labute approximate surface area is 139 Å². The second-order valence-corrected chi connectivity index (χ2v) is 6.90. The molecule has 1 amide bonds. The molecular formula is C17H29N5O. The summed E-state index contributed by atoms with van der Waals surface area (Å²) in [5, 5.41) is 3.35. The van der Waals surface area contributed by atoms with E-state index in [-0.39, 0.29) is 11.8 Å². The fourth-order valence-electron chi connectivity index (χ4n) is 2.93. The molecule has 0 aliphatic carbocycles. The number of rotatable bonds is 5. The van der Waals surface area contributed by atoms with Crippen LogP contribution in [-0.4, -0.2) is 54.5 Å². The van der Waals surface area contributed by atoms with Gasteiger partial charge in [0.25, 0.3) is 0 Å². The maximum atomic E-state index is 12.0. The van der Waals surface area contributed by atoms with Crippen molar-refractivity contribution in [2.24, 2.45) is 11.8 Å². The van der Waals surface area contributed by atoms with Crippen molar-refractivity contribution in [1.82, 2.24) is 14.9 Å². The summed E-state index contributed by atoms with van der Waals surface area (Å²) in [5.41, 5.74) is 1.07. The summed E-state index contributed by atoms with van der Waals surface area (Å²) < 4.78 is 0. The lowest BCUT2D eigenvalue weighted by Gasteiger charge is -2.33. The Bertz CT molecular complexity index is 536. The minimum absolute atomic E-state index is 0.0927. The van der Waals surface area contributed by atoms with Crippen LogP contribution in [0.25, 0.3) is 0 Å². The summed E-state index contributed by atoms with van der Waals surface area (Å²) in [6.07, 6.45) is 3.93. The molecule has 6 heteroatoms. The number of piperidine rings is 1. The van der Waals surface area contributed by atoms with E-state index in [2.05, 4.69) is 15.3 Å². The maximum Gasteiger partial charge on any atom is 0.225 e. The van der Waals surface area contributed by atoms with Gasteiger partial charge in [-0.2, -0.15) is 4.98 Å². The Kier molecular flexibility index (Phi) is 5.80. The summed E-state index contributed by atoms with van der Waals surface area (Å²) in [5.74, 6) is 2.56. The monoisotopic (exact) mass is 319 g/mol. The molecule has 0 atom stereocenters. The van der Waals surface area contributed by atoms with Gasteiger partial charge in [0.1, 0.15) is 5.82 Å². The maximum absolute atomic E-state index is 12.0. The normalized spacial score (nSPS) is 15.8. The van der Waals surface area contributed by atoms with E-state index in [1.54, 1.807) is 0 Å². The zero-order chi connectivity index (χ0) is 17.0. The zero-order valence-electron chi connectivity index (χ0n) is 15.0. The van der Waals surface area contributed by atoms with Crippen LogP contribution in [0.3, 0.4) is 0 Å². The molecular weight excluding hydrogens is 290 g/mol. The predicted molar refractivity (Wildman–Crippen MR) is 93.7 cm³/mol. The van der Waals surface area contributed by atoms with E-state index < -0.39 is 0 Å². The Morgan fingerprint density at radius 3 is 2.61 bits per heavy atom. The Balaban J connectivity index is 1.84. The van der Waals surface area contributed by atoms with Gasteiger partial charge in [0.05, 0.1) is 0 Å². The van der Waals surface area contributed by atoms with Gasteiger partial charge >= 0.3 is 0 Å². The van der Waals surface area contributed by atoms with Crippen molar-refractivity contribution in [2.75, 3.05) is 43.9 Å². The number of carbonyl (C=O) groups excluding carboxylic acids is 1. The molecule has 6 nitrogen and oxygen atoms in total. The van der Waals surface area contributed by atoms with Crippen molar-refractivity contribution in [2.45, 2.75) is 33.6 Å². The lowest BCUT2D eigenvalue weighted by molar-refractivity contribution is -0.135. The van der Waals surface area contributed by atoms with Gasteiger partial charge in [0.15, 0.2) is 0 Å². The second kappa shape index (κ2) is 7.62. The zero-order valence-corrected chi connectivity index (χ0v) is 15.0. The number of anilines is 2. The molecule has 0 unspecified atom stereocenters. The van der Waals surface area contributed by atoms with Crippen molar-refractivity contribution in [3.63, 3.8) is 0 Å². The molecule has 1 aliphatic rings. The molecule has 0 bridgehead atoms. The third-order valence-electron chi connectivity index (χ3n) is 4.34. The van der Waals surface area contributed by atoms with E-state index in [1.165, 1.54) is 0 Å². The number of nitrogens with zero attached hydrogens (tertiary/aromatic N) is 4. The molecule has 1 fully saturated rings. The van der Waals surface area contributed by atoms with Crippen molar-refractivity contribution in [3.05, 3.63) is 11.8 Å². The minimum Gasteiger partial charge on any atom is -0.362 e. The van der Waals surface area contributed by atoms with Gasteiger partial charge in [-0.15, -0.1) is 0 Å². The molecule has 23 heavy (non-hydrogen) atoms. The van der Waals surface area contributed by atoms with Crippen molar-refractivity contribution >= 4 is 17.7 Å². The molecule has 2 heterocycles. The highest BCUT2D eigenvalue weighted by Gasteiger charge is 2.24. The second-order valence-electron chi connectivity index (χ2n) is 6.90. The van der Waals surface area contributed by atoms with Crippen molar-refractivity contribution < 1.29 is 4.79 Å². The van der Waals surface area contributed by atoms with E-state index in [0.29, 0.717) is 11.9 Å². The average Bonchev–Trinajstić information content (AvgIpc) is 2.53. The lowest BCUT2D eigenvalue weighted by atomic mass is 9.96. The Hall–Kier alpha value is -1.85. The summed E-state index contributed by atoms with van der Waals surface area (Å²) in [6.45, 7) is 8.53. The summed E-state index contributed by atoms with van der Waals surface area (Å²) in [4.78, 5) is 24.9. The molecule has 1 saturated heterocycles. The van der Waals surface area contributed by atoms with Crippen LogP contribution in [0.2, 0.25) is 0 Å². The van der Waals surface area contributed by atoms with E-state index >= 15 is 0 Å². The fraction of sp³-hybridized carbons (Fsp3) is 0.706. The first kappa shape index (κ1) is 17.5. The molecule has 1 N–H and O–H groups in total. The SMILES string of the molecule is Cc1cnc(NCC2CCN(C(=O)C(C)C)CC2)nc1N(C)C. The van der Waals surface area contributed by atoms with E-state index in [4.69, 9.17) is 0 Å². The number of nitrogens with one attached hydrogen (secondary N) is 1. The topological polar surface area (TPSA) is 61.4 Å².